The Morgan fingerprint density at radius 2 is 2.03 bits per heavy atom. The molecule has 8 nitrogen and oxygen atoms in total. The third-order valence-electron chi connectivity index (χ3n) is 5.07. The zero-order valence-corrected chi connectivity index (χ0v) is 16.1. The van der Waals surface area contributed by atoms with Crippen molar-refractivity contribution in [3.05, 3.63) is 76.5 Å². The summed E-state index contributed by atoms with van der Waals surface area (Å²) in [6.07, 6.45) is 3.48. The molecule has 2 amide bonds. The molecule has 1 fully saturated rings. The number of H-pyrrole nitrogens is 1. The maximum atomic E-state index is 13.3. The third-order valence-corrected chi connectivity index (χ3v) is 5.07. The van der Waals surface area contributed by atoms with Gasteiger partial charge in [-0.3, -0.25) is 4.79 Å². The zero-order valence-electron chi connectivity index (χ0n) is 16.1. The van der Waals surface area contributed by atoms with Gasteiger partial charge in [-0.2, -0.15) is 5.10 Å². The van der Waals surface area contributed by atoms with Crippen LogP contribution in [-0.2, 0) is 6.54 Å². The zero-order chi connectivity index (χ0) is 20.6. The van der Waals surface area contributed by atoms with Crippen LogP contribution >= 0.6 is 0 Å². The Morgan fingerprint density at radius 3 is 2.69 bits per heavy atom. The fourth-order valence-electron chi connectivity index (χ4n) is 3.68. The Morgan fingerprint density at radius 1 is 1.28 bits per heavy atom. The number of hydrogen-bond acceptors (Lipinski definition) is 4. The first-order valence-corrected chi connectivity index (χ1v) is 9.23. The van der Waals surface area contributed by atoms with Gasteiger partial charge >= 0.3 is 6.03 Å². The minimum absolute atomic E-state index is 0.170. The van der Waals surface area contributed by atoms with Crippen LogP contribution in [0.2, 0.25) is 0 Å². The van der Waals surface area contributed by atoms with E-state index in [1.54, 1.807) is 35.5 Å². The molecule has 1 atom stereocenters. The van der Waals surface area contributed by atoms with Crippen molar-refractivity contribution in [2.45, 2.75) is 26.4 Å². The molecule has 4 rings (SSSR count). The highest BCUT2D eigenvalue weighted by Crippen LogP contribution is 2.48. The molecule has 9 heteroatoms. The molecule has 0 bridgehead atoms. The van der Waals surface area contributed by atoms with E-state index in [0.717, 1.165) is 5.69 Å². The van der Waals surface area contributed by atoms with E-state index in [9.17, 15) is 14.0 Å². The van der Waals surface area contributed by atoms with Crippen LogP contribution in [0, 0.1) is 11.2 Å². The van der Waals surface area contributed by atoms with E-state index in [4.69, 9.17) is 0 Å². The molecule has 1 aliphatic heterocycles. The monoisotopic (exact) mass is 396 g/mol. The summed E-state index contributed by atoms with van der Waals surface area (Å²) in [4.78, 5) is 30.1. The minimum atomic E-state index is -0.309. The van der Waals surface area contributed by atoms with Gasteiger partial charge in [-0.1, -0.05) is 13.8 Å². The molecular formula is C20H21FN6O2. The predicted octanol–water partition coefficient (Wildman–Crippen LogP) is 2.39. The lowest BCUT2D eigenvalue weighted by Crippen LogP contribution is -2.60. The van der Waals surface area contributed by atoms with Crippen molar-refractivity contribution in [1.82, 2.24) is 30.0 Å². The number of carbonyl (C=O) groups is 1. The SMILES string of the molecule is CC1(C)CN(C(=O)NCc2ccc(=O)[nH]n2)C1c1nccn1-c1ccc(F)cc1. The average Bonchev–Trinajstić information content (AvgIpc) is 3.15. The normalized spacial score (nSPS) is 17.6. The Kier molecular flexibility index (Phi) is 4.65. The van der Waals surface area contributed by atoms with E-state index in [2.05, 4.69) is 34.3 Å². The lowest BCUT2D eigenvalue weighted by molar-refractivity contribution is -0.0224. The molecule has 1 aliphatic rings. The number of benzene rings is 1. The molecule has 0 saturated carbocycles. The van der Waals surface area contributed by atoms with E-state index >= 15 is 0 Å². The maximum Gasteiger partial charge on any atom is 0.318 e. The summed E-state index contributed by atoms with van der Waals surface area (Å²) in [7, 11) is 0. The number of hydrogen-bond donors (Lipinski definition) is 2. The van der Waals surface area contributed by atoms with Crippen LogP contribution in [0.25, 0.3) is 5.69 Å². The van der Waals surface area contributed by atoms with Gasteiger partial charge < -0.3 is 14.8 Å². The topological polar surface area (TPSA) is 95.9 Å². The van der Waals surface area contributed by atoms with E-state index in [-0.39, 0.29) is 35.4 Å². The van der Waals surface area contributed by atoms with Crippen molar-refractivity contribution in [2.24, 2.45) is 5.41 Å². The summed E-state index contributed by atoms with van der Waals surface area (Å²) in [5, 5.41) is 9.07. The first kappa shape index (κ1) is 18.9. The molecule has 3 aromatic rings. The smallest absolute Gasteiger partial charge is 0.318 e. The van der Waals surface area contributed by atoms with E-state index < -0.39 is 0 Å². The van der Waals surface area contributed by atoms with Crippen molar-refractivity contribution in [3.8, 4) is 5.69 Å². The van der Waals surface area contributed by atoms with Crippen LogP contribution in [0.4, 0.5) is 9.18 Å². The number of carbonyl (C=O) groups excluding carboxylic acids is 1. The van der Waals surface area contributed by atoms with Crippen molar-refractivity contribution in [2.75, 3.05) is 6.54 Å². The highest BCUT2D eigenvalue weighted by Gasteiger charge is 2.51. The molecule has 1 saturated heterocycles. The molecule has 0 aliphatic carbocycles. The van der Waals surface area contributed by atoms with Gasteiger partial charge in [0, 0.05) is 36.1 Å². The van der Waals surface area contributed by atoms with Crippen LogP contribution in [0.15, 0.2) is 53.6 Å². The molecule has 29 heavy (non-hydrogen) atoms. The molecular weight excluding hydrogens is 375 g/mol. The standard InChI is InChI=1S/C20H21FN6O2/c1-20(2)12-27(19(29)23-11-14-5-8-16(28)25-24-14)17(20)18-22-9-10-26(18)15-6-3-13(21)4-7-15/h3-10,17H,11-12H2,1-2H3,(H,23,29)(H,25,28). The van der Waals surface area contributed by atoms with Crippen molar-refractivity contribution in [3.63, 3.8) is 0 Å². The van der Waals surface area contributed by atoms with Crippen LogP contribution in [0.3, 0.4) is 0 Å². The molecule has 2 aromatic heterocycles. The van der Waals surface area contributed by atoms with Crippen LogP contribution < -0.4 is 10.9 Å². The number of rotatable bonds is 4. The second-order valence-corrected chi connectivity index (χ2v) is 7.72. The Balaban J connectivity index is 1.54. The van der Waals surface area contributed by atoms with Crippen molar-refractivity contribution in [1.29, 1.82) is 0 Å². The number of aromatic nitrogens is 4. The highest BCUT2D eigenvalue weighted by molar-refractivity contribution is 5.76. The summed E-state index contributed by atoms with van der Waals surface area (Å²) in [5.41, 5.74) is 0.871. The van der Waals surface area contributed by atoms with Gasteiger partial charge in [0.15, 0.2) is 0 Å². The summed E-state index contributed by atoms with van der Waals surface area (Å²) in [6, 6.07) is 8.60. The average molecular weight is 396 g/mol. The van der Waals surface area contributed by atoms with Crippen LogP contribution in [-0.4, -0.2) is 37.2 Å². The minimum Gasteiger partial charge on any atom is -0.332 e. The summed E-state index contributed by atoms with van der Waals surface area (Å²) < 4.78 is 15.2. The number of likely N-dealkylation sites (tertiary alicyclic amines) is 1. The number of imidazole rings is 1. The van der Waals surface area contributed by atoms with Gasteiger partial charge in [0.2, 0.25) is 0 Å². The van der Waals surface area contributed by atoms with E-state index in [1.807, 2.05) is 4.57 Å². The molecule has 0 radical (unpaired) electrons. The van der Waals surface area contributed by atoms with Gasteiger partial charge in [0.25, 0.3) is 5.56 Å². The molecule has 1 aromatic carbocycles. The largest absolute Gasteiger partial charge is 0.332 e. The fourth-order valence-corrected chi connectivity index (χ4v) is 3.68. The summed E-state index contributed by atoms with van der Waals surface area (Å²) >= 11 is 0. The Labute approximate surface area is 166 Å². The highest BCUT2D eigenvalue weighted by atomic mass is 19.1. The molecule has 2 N–H and O–H groups in total. The second kappa shape index (κ2) is 7.16. The van der Waals surface area contributed by atoms with Gasteiger partial charge in [0.05, 0.1) is 18.3 Å². The lowest BCUT2D eigenvalue weighted by atomic mass is 9.74. The van der Waals surface area contributed by atoms with Crippen LogP contribution in [0.5, 0.6) is 0 Å². The number of amides is 2. The van der Waals surface area contributed by atoms with Gasteiger partial charge in [0.1, 0.15) is 11.6 Å². The number of halogens is 1. The Hall–Kier alpha value is -3.49. The number of nitrogens with zero attached hydrogens (tertiary/aromatic N) is 4. The third kappa shape index (κ3) is 3.63. The van der Waals surface area contributed by atoms with E-state index in [1.165, 1.54) is 18.2 Å². The predicted molar refractivity (Wildman–Crippen MR) is 104 cm³/mol. The Bertz CT molecular complexity index is 1070. The summed E-state index contributed by atoms with van der Waals surface area (Å²) in [6.45, 7) is 4.92. The second-order valence-electron chi connectivity index (χ2n) is 7.72. The quantitative estimate of drug-likeness (QED) is 0.708. The fraction of sp³-hybridized carbons (Fsp3) is 0.300. The molecule has 0 spiro atoms. The van der Waals surface area contributed by atoms with Crippen LogP contribution in [0.1, 0.15) is 31.4 Å². The molecule has 3 heterocycles. The van der Waals surface area contributed by atoms with Gasteiger partial charge in [-0.25, -0.2) is 19.3 Å². The number of urea groups is 1. The first-order chi connectivity index (χ1) is 13.8. The van der Waals surface area contributed by atoms with E-state index in [0.29, 0.717) is 18.1 Å². The van der Waals surface area contributed by atoms with Crippen molar-refractivity contribution < 1.29 is 9.18 Å². The molecule has 150 valence electrons. The van der Waals surface area contributed by atoms with Gasteiger partial charge in [-0.05, 0) is 30.3 Å². The van der Waals surface area contributed by atoms with Crippen molar-refractivity contribution >= 4 is 6.03 Å². The lowest BCUT2D eigenvalue weighted by Gasteiger charge is -2.53. The van der Waals surface area contributed by atoms with Gasteiger partial charge in [-0.15, -0.1) is 0 Å². The summed E-state index contributed by atoms with van der Waals surface area (Å²) in [5.74, 6) is 0.404. The number of nitrogens with one attached hydrogen (secondary N) is 2. The number of aromatic amines is 1. The maximum absolute atomic E-state index is 13.3. The molecule has 1 unspecified atom stereocenters. The first-order valence-electron chi connectivity index (χ1n) is 9.23.